The van der Waals surface area contributed by atoms with Crippen LogP contribution in [0, 0.1) is 18.8 Å². The molecule has 1 aromatic carbocycles. The molecule has 3 rings (SSSR count). The number of hydrogen-bond acceptors (Lipinski definition) is 5. The number of hydrogen-bond donors (Lipinski definition) is 1. The number of nitrogens with zero attached hydrogens (tertiary/aromatic N) is 2. The molecule has 1 aromatic heterocycles. The quantitative estimate of drug-likeness (QED) is 0.567. The highest BCUT2D eigenvalue weighted by Crippen LogP contribution is 2.39. The summed E-state index contributed by atoms with van der Waals surface area (Å²) in [6.07, 6.45) is 0.185. The molecule has 8 heteroatoms. The predicted molar refractivity (Wildman–Crippen MR) is 112 cm³/mol. The maximum Gasteiger partial charge on any atom is 0.434 e. The molecule has 0 radical (unpaired) electrons. The largest absolute Gasteiger partial charge is 0.462 e. The number of aromatic nitrogens is 2. The first-order valence-corrected chi connectivity index (χ1v) is 10.6. The van der Waals surface area contributed by atoms with Crippen molar-refractivity contribution < 1.29 is 22.7 Å². The van der Waals surface area contributed by atoms with Crippen LogP contribution in [0.4, 0.5) is 19.1 Å². The summed E-state index contributed by atoms with van der Waals surface area (Å²) >= 11 is 0. The van der Waals surface area contributed by atoms with E-state index in [4.69, 9.17) is 4.74 Å². The Morgan fingerprint density at radius 3 is 2.52 bits per heavy atom. The monoisotopic (exact) mass is 435 g/mol. The number of carbonyl (C=O) groups is 1. The number of nitrogens with one attached hydrogen (secondary N) is 1. The second kappa shape index (κ2) is 9.66. The van der Waals surface area contributed by atoms with Crippen molar-refractivity contribution in [2.75, 3.05) is 11.9 Å². The Morgan fingerprint density at radius 1 is 1.23 bits per heavy atom. The van der Waals surface area contributed by atoms with Crippen molar-refractivity contribution in [2.45, 2.75) is 58.7 Å². The maximum atomic E-state index is 13.6. The SMILES string of the molecule is CCOC(=O)c1cnc(NC(c2ccccc2C)C2CCC(C)CC2)nc1C(F)(F)F. The van der Waals surface area contributed by atoms with Crippen molar-refractivity contribution in [3.05, 3.63) is 52.8 Å². The van der Waals surface area contributed by atoms with E-state index in [1.165, 1.54) is 6.92 Å². The predicted octanol–water partition coefficient (Wildman–Crippen LogP) is 5.96. The number of anilines is 1. The lowest BCUT2D eigenvalue weighted by Crippen LogP contribution is -2.27. The summed E-state index contributed by atoms with van der Waals surface area (Å²) in [6.45, 7) is 5.70. The molecule has 0 amide bonds. The lowest BCUT2D eigenvalue weighted by molar-refractivity contribution is -0.141. The molecule has 168 valence electrons. The van der Waals surface area contributed by atoms with Crippen LogP contribution in [0.1, 0.15) is 72.8 Å². The van der Waals surface area contributed by atoms with Crippen LogP contribution in [0.25, 0.3) is 0 Å². The van der Waals surface area contributed by atoms with E-state index < -0.39 is 23.4 Å². The van der Waals surface area contributed by atoms with Crippen molar-refractivity contribution in [1.29, 1.82) is 0 Å². The van der Waals surface area contributed by atoms with Crippen LogP contribution in [-0.2, 0) is 10.9 Å². The molecule has 1 aliphatic rings. The van der Waals surface area contributed by atoms with E-state index in [9.17, 15) is 18.0 Å². The maximum absolute atomic E-state index is 13.6. The van der Waals surface area contributed by atoms with E-state index in [2.05, 4.69) is 22.2 Å². The first kappa shape index (κ1) is 23.0. The number of carbonyl (C=O) groups excluding carboxylic acids is 1. The second-order valence-corrected chi connectivity index (χ2v) is 8.17. The lowest BCUT2D eigenvalue weighted by Gasteiger charge is -2.34. The fourth-order valence-corrected chi connectivity index (χ4v) is 4.17. The smallest absolute Gasteiger partial charge is 0.434 e. The van der Waals surface area contributed by atoms with E-state index in [0.29, 0.717) is 5.92 Å². The summed E-state index contributed by atoms with van der Waals surface area (Å²) < 4.78 is 45.6. The third-order valence-corrected chi connectivity index (χ3v) is 5.89. The summed E-state index contributed by atoms with van der Waals surface area (Å²) in [5.74, 6) is -0.337. The first-order valence-electron chi connectivity index (χ1n) is 10.6. The van der Waals surface area contributed by atoms with Gasteiger partial charge in [-0.2, -0.15) is 13.2 Å². The van der Waals surface area contributed by atoms with Crippen molar-refractivity contribution in [1.82, 2.24) is 9.97 Å². The van der Waals surface area contributed by atoms with Gasteiger partial charge in [0.05, 0.1) is 12.6 Å². The number of rotatable bonds is 6. The van der Waals surface area contributed by atoms with Crippen LogP contribution in [0.15, 0.2) is 30.5 Å². The molecule has 1 N–H and O–H groups in total. The van der Waals surface area contributed by atoms with Gasteiger partial charge in [-0.3, -0.25) is 0 Å². The third-order valence-electron chi connectivity index (χ3n) is 5.89. The number of aryl methyl sites for hydroxylation is 1. The number of alkyl halides is 3. The van der Waals surface area contributed by atoms with Crippen LogP contribution < -0.4 is 5.32 Å². The van der Waals surface area contributed by atoms with E-state index in [1.807, 2.05) is 31.2 Å². The van der Waals surface area contributed by atoms with E-state index in [-0.39, 0.29) is 24.5 Å². The summed E-state index contributed by atoms with van der Waals surface area (Å²) in [7, 11) is 0. The summed E-state index contributed by atoms with van der Waals surface area (Å²) in [6, 6.07) is 7.62. The van der Waals surface area contributed by atoms with E-state index in [0.717, 1.165) is 43.0 Å². The molecule has 5 nitrogen and oxygen atoms in total. The van der Waals surface area contributed by atoms with Crippen molar-refractivity contribution in [3.8, 4) is 0 Å². The third kappa shape index (κ3) is 5.54. The lowest BCUT2D eigenvalue weighted by atomic mass is 9.76. The average molecular weight is 435 g/mol. The Kier molecular flexibility index (Phi) is 7.18. The number of halogens is 3. The van der Waals surface area contributed by atoms with Gasteiger partial charge in [-0.15, -0.1) is 0 Å². The molecule has 1 aliphatic carbocycles. The van der Waals surface area contributed by atoms with Gasteiger partial charge in [-0.25, -0.2) is 14.8 Å². The molecule has 1 saturated carbocycles. The van der Waals surface area contributed by atoms with Crippen LogP contribution in [-0.4, -0.2) is 22.5 Å². The first-order chi connectivity index (χ1) is 14.7. The normalized spacial score (nSPS) is 20.2. The van der Waals surface area contributed by atoms with Gasteiger partial charge in [0.2, 0.25) is 5.95 Å². The summed E-state index contributed by atoms with van der Waals surface area (Å²) in [4.78, 5) is 19.7. The zero-order valence-electron chi connectivity index (χ0n) is 18.0. The number of benzene rings is 1. The van der Waals surface area contributed by atoms with Gasteiger partial charge in [0.1, 0.15) is 5.56 Å². The van der Waals surface area contributed by atoms with Crippen molar-refractivity contribution >= 4 is 11.9 Å². The molecular weight excluding hydrogens is 407 g/mol. The van der Waals surface area contributed by atoms with Gasteiger partial charge in [-0.1, -0.05) is 44.0 Å². The van der Waals surface area contributed by atoms with Crippen LogP contribution in [0.2, 0.25) is 0 Å². The van der Waals surface area contributed by atoms with Crippen molar-refractivity contribution in [3.63, 3.8) is 0 Å². The van der Waals surface area contributed by atoms with Crippen LogP contribution >= 0.6 is 0 Å². The van der Waals surface area contributed by atoms with E-state index >= 15 is 0 Å². The Labute approximate surface area is 180 Å². The molecule has 1 atom stereocenters. The van der Waals surface area contributed by atoms with Gasteiger partial charge in [0, 0.05) is 6.20 Å². The molecule has 1 fully saturated rings. The van der Waals surface area contributed by atoms with Gasteiger partial charge < -0.3 is 10.1 Å². The van der Waals surface area contributed by atoms with Gasteiger partial charge in [0.15, 0.2) is 5.69 Å². The van der Waals surface area contributed by atoms with Crippen LogP contribution in [0.5, 0.6) is 0 Å². The highest BCUT2D eigenvalue weighted by atomic mass is 19.4. The molecule has 2 aromatic rings. The Hall–Kier alpha value is -2.64. The zero-order chi connectivity index (χ0) is 22.6. The molecule has 1 heterocycles. The van der Waals surface area contributed by atoms with Crippen molar-refractivity contribution in [2.24, 2.45) is 11.8 Å². The fourth-order valence-electron chi connectivity index (χ4n) is 4.17. The topological polar surface area (TPSA) is 64.1 Å². The average Bonchev–Trinajstić information content (AvgIpc) is 2.73. The summed E-state index contributed by atoms with van der Waals surface area (Å²) in [5, 5.41) is 3.16. The molecule has 1 unspecified atom stereocenters. The van der Waals surface area contributed by atoms with Gasteiger partial charge >= 0.3 is 12.1 Å². The summed E-state index contributed by atoms with van der Waals surface area (Å²) in [5.41, 5.74) is 0.106. The second-order valence-electron chi connectivity index (χ2n) is 8.17. The van der Waals surface area contributed by atoms with Crippen LogP contribution in [0.3, 0.4) is 0 Å². The molecule has 31 heavy (non-hydrogen) atoms. The number of ether oxygens (including phenoxy) is 1. The molecule has 0 spiro atoms. The Bertz CT molecular complexity index is 909. The minimum Gasteiger partial charge on any atom is -0.462 e. The fraction of sp³-hybridized carbons (Fsp3) is 0.522. The molecule has 0 aliphatic heterocycles. The molecule has 0 bridgehead atoms. The van der Waals surface area contributed by atoms with E-state index in [1.54, 1.807) is 0 Å². The molecular formula is C23H28F3N3O2. The standard InChI is InChI=1S/C23H28F3N3O2/c1-4-31-21(30)18-13-27-22(29-20(18)23(24,25)26)28-19(16-11-9-14(2)10-12-16)17-8-6-5-7-15(17)3/h5-8,13-14,16,19H,4,9-12H2,1-3H3,(H,27,28,29). The minimum absolute atomic E-state index is 0.0361. The van der Waals surface area contributed by atoms with Gasteiger partial charge in [0.25, 0.3) is 0 Å². The highest BCUT2D eigenvalue weighted by molar-refractivity contribution is 5.90. The van der Waals surface area contributed by atoms with Gasteiger partial charge in [-0.05, 0) is 49.7 Å². The Balaban J connectivity index is 1.97. The Morgan fingerprint density at radius 2 is 1.90 bits per heavy atom. The molecule has 0 saturated heterocycles. The number of esters is 1. The zero-order valence-corrected chi connectivity index (χ0v) is 18.0. The highest BCUT2D eigenvalue weighted by Gasteiger charge is 2.39. The minimum atomic E-state index is -4.81.